The van der Waals surface area contributed by atoms with E-state index in [4.69, 9.17) is 20.0 Å². The highest BCUT2D eigenvalue weighted by molar-refractivity contribution is 6.03. The molecule has 0 saturated carbocycles. The van der Waals surface area contributed by atoms with Gasteiger partial charge in [-0.15, -0.1) is 0 Å². The zero-order valence-electron chi connectivity index (χ0n) is 32.8. The number of oxazole rings is 1. The van der Waals surface area contributed by atoms with Crippen molar-refractivity contribution < 1.29 is 13.9 Å². The minimum atomic E-state index is -1.09. The smallest absolute Gasteiger partial charge is 0.269 e. The lowest BCUT2D eigenvalue weighted by atomic mass is 9.75. The molecule has 56 heavy (non-hydrogen) atoms. The van der Waals surface area contributed by atoms with Crippen LogP contribution in [0.25, 0.3) is 44.5 Å². The summed E-state index contributed by atoms with van der Waals surface area (Å²) in [6.45, 7) is 12.0. The summed E-state index contributed by atoms with van der Waals surface area (Å²) in [6.07, 6.45) is 0. The Morgan fingerprint density at radius 3 is 1.82 bits per heavy atom. The topological polar surface area (TPSA) is 91.3 Å². The fraction of sp³-hybridized carbons (Fsp3) is 0.234. The molecule has 3 heterocycles. The fourth-order valence-corrected chi connectivity index (χ4v) is 8.67. The van der Waals surface area contributed by atoms with Gasteiger partial charge >= 0.3 is 0 Å². The van der Waals surface area contributed by atoms with Crippen molar-refractivity contribution in [3.05, 3.63) is 131 Å². The molecule has 282 valence electrons. The number of ether oxygens (including phenoxy) is 1. The van der Waals surface area contributed by atoms with E-state index >= 15 is 0 Å². The summed E-state index contributed by atoms with van der Waals surface area (Å²) in [7, 11) is 4.09. The highest BCUT2D eigenvalue weighted by atomic mass is 16.5. The predicted molar refractivity (Wildman–Crippen MR) is 227 cm³/mol. The van der Waals surface area contributed by atoms with Crippen LogP contribution in [-0.2, 0) is 5.54 Å². The third-order valence-corrected chi connectivity index (χ3v) is 11.7. The number of anilines is 3. The number of rotatable bonds is 9. The lowest BCUT2D eigenvalue weighted by Gasteiger charge is -2.42. The van der Waals surface area contributed by atoms with Crippen molar-refractivity contribution in [2.45, 2.75) is 33.2 Å². The van der Waals surface area contributed by atoms with E-state index in [1.54, 1.807) is 0 Å². The lowest BCUT2D eigenvalue weighted by molar-refractivity contribution is 0.0665. The molecule has 2 N–H and O–H groups in total. The first-order valence-electron chi connectivity index (χ1n) is 19.5. The molecular formula is C47H46N6O3. The summed E-state index contributed by atoms with van der Waals surface area (Å²) >= 11 is 0. The zero-order chi connectivity index (χ0) is 38.9. The van der Waals surface area contributed by atoms with E-state index in [0.717, 1.165) is 92.9 Å². The van der Waals surface area contributed by atoms with Crippen LogP contribution >= 0.6 is 0 Å². The largest absolute Gasteiger partial charge is 0.456 e. The van der Waals surface area contributed by atoms with Crippen molar-refractivity contribution in [1.82, 2.24) is 9.99 Å². The SMILES string of the molecule is CCN(CC)c1ccc2c(c1)Oc1cc(N(CC)CC)ccc1C21c2ccc(-c3ccc4nc(-c5ccc6cc(N(C)C)ccc6c5)oc4c3)cc2C(=O)N1N. The van der Waals surface area contributed by atoms with Gasteiger partial charge in [0.15, 0.2) is 5.58 Å². The van der Waals surface area contributed by atoms with Crippen molar-refractivity contribution in [3.63, 3.8) is 0 Å². The van der Waals surface area contributed by atoms with Crippen LogP contribution in [0.3, 0.4) is 0 Å². The molecule has 1 amide bonds. The van der Waals surface area contributed by atoms with Crippen LogP contribution in [0.4, 0.5) is 17.1 Å². The monoisotopic (exact) mass is 742 g/mol. The van der Waals surface area contributed by atoms with Gasteiger partial charge in [0.25, 0.3) is 5.91 Å². The van der Waals surface area contributed by atoms with Gasteiger partial charge < -0.3 is 23.9 Å². The fourth-order valence-electron chi connectivity index (χ4n) is 8.67. The van der Waals surface area contributed by atoms with Crippen LogP contribution in [0.2, 0.25) is 0 Å². The third kappa shape index (κ3) is 5.33. The second-order valence-corrected chi connectivity index (χ2v) is 14.8. The molecule has 2 aliphatic rings. The molecule has 7 aromatic rings. The number of carbonyl (C=O) groups is 1. The van der Waals surface area contributed by atoms with Crippen LogP contribution in [0.15, 0.2) is 114 Å². The van der Waals surface area contributed by atoms with Crippen molar-refractivity contribution >= 4 is 44.8 Å². The average molecular weight is 743 g/mol. The standard InChI is InChI=1S/C47H46N6O3/c1-7-51(8-2)35-17-20-39-42(27-35)55-43-28-36(52(9-3)10-4)18-21-40(43)47(39)38-19-14-31(25-37(38)46(54)53(47)48)32-15-22-41-44(26-32)56-45(49-41)33-12-11-30-24-34(50(5)6)16-13-29(30)23-33/h11-28H,7-10,48H2,1-6H3. The molecule has 9 rings (SSSR count). The molecule has 0 saturated heterocycles. The molecule has 2 aliphatic heterocycles. The molecule has 0 aliphatic carbocycles. The molecule has 0 fully saturated rings. The zero-order valence-corrected chi connectivity index (χ0v) is 32.8. The summed E-state index contributed by atoms with van der Waals surface area (Å²) in [6, 6.07) is 37.3. The van der Waals surface area contributed by atoms with Crippen LogP contribution in [0.5, 0.6) is 11.5 Å². The number of amides is 1. The van der Waals surface area contributed by atoms with Crippen molar-refractivity contribution in [2.75, 3.05) is 55.0 Å². The molecular weight excluding hydrogens is 697 g/mol. The van der Waals surface area contributed by atoms with E-state index in [2.05, 4.69) is 127 Å². The van der Waals surface area contributed by atoms with Crippen LogP contribution in [-0.4, -0.2) is 56.2 Å². The van der Waals surface area contributed by atoms with Crippen LogP contribution < -0.4 is 25.3 Å². The van der Waals surface area contributed by atoms with Gasteiger partial charge in [-0.05, 0) is 104 Å². The molecule has 0 radical (unpaired) electrons. The highest BCUT2D eigenvalue weighted by Gasteiger charge is 2.56. The minimum Gasteiger partial charge on any atom is -0.456 e. The van der Waals surface area contributed by atoms with Crippen molar-refractivity contribution in [1.29, 1.82) is 0 Å². The summed E-state index contributed by atoms with van der Waals surface area (Å²) in [4.78, 5) is 25.9. The molecule has 0 bridgehead atoms. The number of benzene rings is 6. The van der Waals surface area contributed by atoms with E-state index in [9.17, 15) is 4.79 Å². The maximum atomic E-state index is 14.4. The van der Waals surface area contributed by atoms with E-state index < -0.39 is 5.54 Å². The van der Waals surface area contributed by atoms with Crippen LogP contribution in [0.1, 0.15) is 54.7 Å². The van der Waals surface area contributed by atoms with E-state index in [1.807, 2.05) is 38.4 Å². The van der Waals surface area contributed by atoms with Gasteiger partial charge in [-0.25, -0.2) is 10.8 Å². The Kier molecular flexibility index (Phi) is 8.50. The van der Waals surface area contributed by atoms with Crippen LogP contribution in [0, 0.1) is 0 Å². The maximum Gasteiger partial charge on any atom is 0.269 e. The summed E-state index contributed by atoms with van der Waals surface area (Å²) in [5, 5.41) is 3.69. The molecule has 1 spiro atoms. The number of carbonyl (C=O) groups excluding carboxylic acids is 1. The van der Waals surface area contributed by atoms with Gasteiger partial charge in [0.05, 0.1) is 0 Å². The van der Waals surface area contributed by atoms with Gasteiger partial charge in [0.1, 0.15) is 22.6 Å². The van der Waals surface area contributed by atoms with Gasteiger partial charge in [0, 0.05) is 97.3 Å². The average Bonchev–Trinajstić information content (AvgIpc) is 3.74. The van der Waals surface area contributed by atoms with E-state index in [0.29, 0.717) is 28.5 Å². The molecule has 0 atom stereocenters. The summed E-state index contributed by atoms with van der Waals surface area (Å²) in [5.74, 6) is 8.72. The molecule has 1 aromatic heterocycles. The normalized spacial score (nSPS) is 13.8. The van der Waals surface area contributed by atoms with Gasteiger partial charge in [-0.1, -0.05) is 42.5 Å². The Hall–Kier alpha value is -6.32. The lowest BCUT2D eigenvalue weighted by Crippen LogP contribution is -2.51. The third-order valence-electron chi connectivity index (χ3n) is 11.7. The number of nitrogens with two attached hydrogens (primary N) is 1. The number of hydrogen-bond donors (Lipinski definition) is 1. The molecule has 9 nitrogen and oxygen atoms in total. The Balaban J connectivity index is 1.13. The molecule has 9 heteroatoms. The van der Waals surface area contributed by atoms with E-state index in [-0.39, 0.29) is 5.91 Å². The number of hydrogen-bond acceptors (Lipinski definition) is 8. The Morgan fingerprint density at radius 2 is 1.18 bits per heavy atom. The first-order chi connectivity index (χ1) is 27.2. The predicted octanol–water partition coefficient (Wildman–Crippen LogP) is 9.80. The minimum absolute atomic E-state index is 0.252. The first-order valence-corrected chi connectivity index (χ1v) is 19.5. The maximum absolute atomic E-state index is 14.4. The second kappa shape index (κ2) is 13.5. The summed E-state index contributed by atoms with van der Waals surface area (Å²) in [5.41, 5.74) is 9.36. The number of fused-ring (bicyclic) bond motifs is 8. The number of nitrogens with zero attached hydrogens (tertiary/aromatic N) is 5. The Bertz CT molecular complexity index is 2610. The van der Waals surface area contributed by atoms with Crippen molar-refractivity contribution in [2.24, 2.45) is 5.84 Å². The first kappa shape index (κ1) is 35.4. The second-order valence-electron chi connectivity index (χ2n) is 14.8. The quantitative estimate of drug-likeness (QED) is 0.116. The Labute approximate surface area is 327 Å². The van der Waals surface area contributed by atoms with E-state index in [1.165, 1.54) is 5.01 Å². The molecule has 0 unspecified atom stereocenters. The Morgan fingerprint density at radius 1 is 0.625 bits per heavy atom. The van der Waals surface area contributed by atoms with Gasteiger partial charge in [-0.3, -0.25) is 9.80 Å². The molecule has 6 aromatic carbocycles. The summed E-state index contributed by atoms with van der Waals surface area (Å²) < 4.78 is 13.1. The van der Waals surface area contributed by atoms with Crippen molar-refractivity contribution in [3.8, 4) is 34.1 Å². The van der Waals surface area contributed by atoms with Gasteiger partial charge in [-0.2, -0.15) is 0 Å². The van der Waals surface area contributed by atoms with Gasteiger partial charge in [0.2, 0.25) is 5.89 Å². The number of aromatic nitrogens is 1. The number of hydrazine groups is 1. The highest BCUT2D eigenvalue weighted by Crippen LogP contribution is 2.57.